The van der Waals surface area contributed by atoms with Gasteiger partial charge >= 0.3 is 5.97 Å². The number of carbonyl (C=O) groups is 2. The maximum Gasteiger partial charge on any atom is 0.317 e. The summed E-state index contributed by atoms with van der Waals surface area (Å²) in [5.74, 6) is -0.886. The number of rotatable bonds is 8. The van der Waals surface area contributed by atoms with E-state index in [4.69, 9.17) is 5.11 Å². The summed E-state index contributed by atoms with van der Waals surface area (Å²) in [7, 11) is 0. The van der Waals surface area contributed by atoms with E-state index < -0.39 is 5.97 Å². The number of carboxylic acid groups (broad SMARTS) is 1. The number of carboxylic acids is 1. The second kappa shape index (κ2) is 8.04. The summed E-state index contributed by atoms with van der Waals surface area (Å²) in [6.45, 7) is 6.65. The molecule has 0 fully saturated rings. The highest BCUT2D eigenvalue weighted by Gasteiger charge is 2.24. The second-order valence-corrected chi connectivity index (χ2v) is 5.28. The minimum absolute atomic E-state index is 0.00204. The van der Waals surface area contributed by atoms with E-state index >= 15 is 0 Å². The summed E-state index contributed by atoms with van der Waals surface area (Å²) >= 11 is 0. The van der Waals surface area contributed by atoms with Crippen LogP contribution in [0.25, 0.3) is 0 Å². The Morgan fingerprint density at radius 3 is 2.50 bits per heavy atom. The fraction of sp³-hybridized carbons (Fsp3) is 0.733. The first-order valence-electron chi connectivity index (χ1n) is 7.44. The zero-order valence-corrected chi connectivity index (χ0v) is 12.8. The van der Waals surface area contributed by atoms with Crippen LogP contribution in [-0.4, -0.2) is 52.5 Å². The van der Waals surface area contributed by atoms with Crippen LogP contribution in [-0.2, 0) is 9.59 Å². The number of hydrogen-bond donors (Lipinski definition) is 1. The van der Waals surface area contributed by atoms with Gasteiger partial charge in [0.2, 0.25) is 5.91 Å². The molecule has 0 saturated carbocycles. The number of carbonyl (C=O) groups excluding carboxylic acids is 1. The Hall–Kier alpha value is -1.36. The van der Waals surface area contributed by atoms with Crippen LogP contribution in [0.1, 0.15) is 46.5 Å². The highest BCUT2D eigenvalue weighted by atomic mass is 16.4. The fourth-order valence-corrected chi connectivity index (χ4v) is 2.50. The minimum atomic E-state index is -0.888. The molecule has 0 bridgehead atoms. The molecule has 20 heavy (non-hydrogen) atoms. The van der Waals surface area contributed by atoms with Gasteiger partial charge in [-0.15, -0.1) is 0 Å². The highest BCUT2D eigenvalue weighted by Crippen LogP contribution is 2.21. The van der Waals surface area contributed by atoms with Gasteiger partial charge in [-0.05, 0) is 39.5 Å². The topological polar surface area (TPSA) is 60.9 Å². The fourth-order valence-electron chi connectivity index (χ4n) is 2.50. The number of allylic oxidation sites excluding steroid dienone is 2. The number of hydrogen-bond acceptors (Lipinski definition) is 3. The molecule has 114 valence electrons. The van der Waals surface area contributed by atoms with E-state index in [0.29, 0.717) is 6.54 Å². The van der Waals surface area contributed by atoms with Gasteiger partial charge in [0.1, 0.15) is 0 Å². The molecule has 1 aliphatic carbocycles. The molecule has 1 atom stereocenters. The van der Waals surface area contributed by atoms with Gasteiger partial charge in [-0.2, -0.15) is 0 Å². The normalized spacial score (nSPS) is 16.1. The molecule has 1 amide bonds. The monoisotopic (exact) mass is 282 g/mol. The van der Waals surface area contributed by atoms with Crippen molar-refractivity contribution in [2.75, 3.05) is 19.6 Å². The van der Waals surface area contributed by atoms with E-state index in [1.807, 2.05) is 20.8 Å². The third-order valence-electron chi connectivity index (χ3n) is 3.87. The third-order valence-corrected chi connectivity index (χ3v) is 3.87. The lowest BCUT2D eigenvalue weighted by atomic mass is 10.2. The Morgan fingerprint density at radius 2 is 2.05 bits per heavy atom. The van der Waals surface area contributed by atoms with Crippen molar-refractivity contribution >= 4 is 11.9 Å². The third kappa shape index (κ3) is 4.63. The number of aliphatic carboxylic acids is 1. The maximum absolute atomic E-state index is 12.4. The SMILES string of the molecule is CCC(C)N(CC(=O)O)CC(=O)N(CC)C1=CCCC1. The van der Waals surface area contributed by atoms with Crippen molar-refractivity contribution < 1.29 is 14.7 Å². The van der Waals surface area contributed by atoms with Gasteiger partial charge in [0.15, 0.2) is 0 Å². The summed E-state index contributed by atoms with van der Waals surface area (Å²) in [5, 5.41) is 8.97. The molecule has 1 rings (SSSR count). The minimum Gasteiger partial charge on any atom is -0.480 e. The van der Waals surface area contributed by atoms with Crippen LogP contribution in [0.15, 0.2) is 11.8 Å². The Labute approximate surface area is 121 Å². The quantitative estimate of drug-likeness (QED) is 0.740. The van der Waals surface area contributed by atoms with E-state index in [2.05, 4.69) is 6.08 Å². The highest BCUT2D eigenvalue weighted by molar-refractivity contribution is 5.81. The van der Waals surface area contributed by atoms with Gasteiger partial charge in [0, 0.05) is 18.3 Å². The van der Waals surface area contributed by atoms with Crippen molar-refractivity contribution in [1.29, 1.82) is 0 Å². The Balaban J connectivity index is 2.70. The molecule has 0 aromatic rings. The van der Waals surface area contributed by atoms with Crippen molar-refractivity contribution in [3.05, 3.63) is 11.8 Å². The predicted molar refractivity (Wildman–Crippen MR) is 78.3 cm³/mol. The Bertz CT molecular complexity index is 379. The van der Waals surface area contributed by atoms with Gasteiger partial charge in [0.05, 0.1) is 13.1 Å². The van der Waals surface area contributed by atoms with Gasteiger partial charge in [-0.3, -0.25) is 14.5 Å². The predicted octanol–water partition coefficient (Wildman–Crippen LogP) is 2.09. The molecule has 0 aromatic carbocycles. The Kier molecular flexibility index (Phi) is 6.71. The molecule has 0 radical (unpaired) electrons. The number of nitrogens with zero attached hydrogens (tertiary/aromatic N) is 2. The van der Waals surface area contributed by atoms with Crippen LogP contribution < -0.4 is 0 Å². The van der Waals surface area contributed by atoms with Crippen molar-refractivity contribution in [2.45, 2.75) is 52.5 Å². The molecule has 0 aliphatic heterocycles. The van der Waals surface area contributed by atoms with E-state index in [0.717, 1.165) is 31.4 Å². The Morgan fingerprint density at radius 1 is 1.35 bits per heavy atom. The molecule has 1 unspecified atom stereocenters. The molecule has 5 heteroatoms. The van der Waals surface area contributed by atoms with Crippen LogP contribution in [0.3, 0.4) is 0 Å². The average Bonchev–Trinajstić information content (AvgIpc) is 2.91. The van der Waals surface area contributed by atoms with Crippen molar-refractivity contribution in [2.24, 2.45) is 0 Å². The molecule has 5 nitrogen and oxygen atoms in total. The van der Waals surface area contributed by atoms with Crippen LogP contribution in [0, 0.1) is 0 Å². The molecular weight excluding hydrogens is 256 g/mol. The molecule has 0 aromatic heterocycles. The van der Waals surface area contributed by atoms with E-state index in [1.165, 1.54) is 0 Å². The van der Waals surface area contributed by atoms with Crippen LogP contribution >= 0.6 is 0 Å². The van der Waals surface area contributed by atoms with Gasteiger partial charge in [-0.1, -0.05) is 13.0 Å². The molecule has 0 heterocycles. The van der Waals surface area contributed by atoms with Crippen LogP contribution in [0.4, 0.5) is 0 Å². The molecule has 0 saturated heterocycles. The van der Waals surface area contributed by atoms with Gasteiger partial charge in [0.25, 0.3) is 0 Å². The van der Waals surface area contributed by atoms with Crippen molar-refractivity contribution in [3.8, 4) is 0 Å². The molecule has 0 spiro atoms. The summed E-state index contributed by atoms with van der Waals surface area (Å²) in [6.07, 6.45) is 6.02. The van der Waals surface area contributed by atoms with Crippen LogP contribution in [0.5, 0.6) is 0 Å². The number of amides is 1. The molecule has 1 N–H and O–H groups in total. The molecule has 1 aliphatic rings. The van der Waals surface area contributed by atoms with E-state index in [-0.39, 0.29) is 25.0 Å². The lowest BCUT2D eigenvalue weighted by molar-refractivity contribution is -0.140. The van der Waals surface area contributed by atoms with E-state index in [1.54, 1.807) is 9.80 Å². The number of likely N-dealkylation sites (N-methyl/N-ethyl adjacent to an activating group) is 1. The summed E-state index contributed by atoms with van der Waals surface area (Å²) in [6, 6.07) is 0.0892. The first-order valence-corrected chi connectivity index (χ1v) is 7.44. The van der Waals surface area contributed by atoms with E-state index in [9.17, 15) is 9.59 Å². The summed E-state index contributed by atoms with van der Waals surface area (Å²) in [5.41, 5.74) is 1.09. The average molecular weight is 282 g/mol. The summed E-state index contributed by atoms with van der Waals surface area (Å²) < 4.78 is 0. The van der Waals surface area contributed by atoms with Crippen molar-refractivity contribution in [1.82, 2.24) is 9.80 Å². The first kappa shape index (κ1) is 16.7. The maximum atomic E-state index is 12.4. The lowest BCUT2D eigenvalue weighted by Gasteiger charge is -2.30. The van der Waals surface area contributed by atoms with Crippen LogP contribution in [0.2, 0.25) is 0 Å². The molecular formula is C15H26N2O3. The second-order valence-electron chi connectivity index (χ2n) is 5.28. The van der Waals surface area contributed by atoms with Gasteiger partial charge in [-0.25, -0.2) is 0 Å². The first-order chi connectivity index (χ1) is 9.49. The zero-order valence-electron chi connectivity index (χ0n) is 12.8. The summed E-state index contributed by atoms with van der Waals surface area (Å²) in [4.78, 5) is 26.9. The zero-order chi connectivity index (χ0) is 15.1. The standard InChI is InChI=1S/C15H26N2O3/c1-4-12(3)16(11-15(19)20)10-14(18)17(5-2)13-8-6-7-9-13/h8,12H,4-7,9-11H2,1-3H3,(H,19,20). The van der Waals surface area contributed by atoms with Crippen molar-refractivity contribution in [3.63, 3.8) is 0 Å². The smallest absolute Gasteiger partial charge is 0.317 e. The lowest BCUT2D eigenvalue weighted by Crippen LogP contribution is -2.45. The van der Waals surface area contributed by atoms with Gasteiger partial charge < -0.3 is 10.0 Å². The largest absolute Gasteiger partial charge is 0.480 e.